The zero-order chi connectivity index (χ0) is 9.52. The number of carbonyl (C=O) groups excluding carboxylic acids is 1. The Morgan fingerprint density at radius 1 is 1.62 bits per heavy atom. The topological polar surface area (TPSA) is 38.3 Å². The number of hydrogen-bond donors (Lipinski definition) is 1. The van der Waals surface area contributed by atoms with Crippen LogP contribution in [0, 0.1) is 0 Å². The lowest BCUT2D eigenvalue weighted by atomic mass is 10.2. The molecule has 1 N–H and O–H groups in total. The minimum Gasteiger partial charge on any atom is -0.376 e. The Labute approximate surface area is 79.8 Å². The largest absolute Gasteiger partial charge is 0.376 e. The van der Waals surface area contributed by atoms with Crippen LogP contribution in [-0.4, -0.2) is 25.2 Å². The van der Waals surface area contributed by atoms with E-state index >= 15 is 0 Å². The molecule has 1 atom stereocenters. The molecule has 1 fully saturated rings. The highest BCUT2D eigenvalue weighted by molar-refractivity contribution is 5.75. The fourth-order valence-electron chi connectivity index (χ4n) is 1.46. The summed E-state index contributed by atoms with van der Waals surface area (Å²) < 4.78 is 5.39. The Bertz CT molecular complexity index is 153. The van der Waals surface area contributed by atoms with Crippen molar-refractivity contribution in [3.05, 3.63) is 0 Å². The summed E-state index contributed by atoms with van der Waals surface area (Å²) in [5.41, 5.74) is 0. The SMILES string of the molecule is CCCCC(=O)NC[C@H]1CCCO1. The van der Waals surface area contributed by atoms with Gasteiger partial charge in [0.25, 0.3) is 0 Å². The molecule has 76 valence electrons. The molecule has 1 saturated heterocycles. The molecule has 1 amide bonds. The first-order valence-corrected chi connectivity index (χ1v) is 5.21. The van der Waals surface area contributed by atoms with Crippen LogP contribution in [0.15, 0.2) is 0 Å². The third-order valence-electron chi connectivity index (χ3n) is 2.31. The first-order chi connectivity index (χ1) is 6.33. The predicted octanol–water partition coefficient (Wildman–Crippen LogP) is 1.47. The van der Waals surface area contributed by atoms with Crippen LogP contribution >= 0.6 is 0 Å². The van der Waals surface area contributed by atoms with Crippen molar-refractivity contribution in [1.82, 2.24) is 5.32 Å². The van der Waals surface area contributed by atoms with Crippen LogP contribution in [0.4, 0.5) is 0 Å². The minimum absolute atomic E-state index is 0.164. The third-order valence-corrected chi connectivity index (χ3v) is 2.31. The van der Waals surface area contributed by atoms with E-state index in [0.29, 0.717) is 13.0 Å². The molecule has 0 unspecified atom stereocenters. The first-order valence-electron chi connectivity index (χ1n) is 5.21. The maximum Gasteiger partial charge on any atom is 0.220 e. The van der Waals surface area contributed by atoms with Gasteiger partial charge >= 0.3 is 0 Å². The second-order valence-electron chi connectivity index (χ2n) is 3.54. The van der Waals surface area contributed by atoms with Crippen LogP contribution in [0.5, 0.6) is 0 Å². The Hall–Kier alpha value is -0.570. The summed E-state index contributed by atoms with van der Waals surface area (Å²) in [6, 6.07) is 0. The maximum atomic E-state index is 11.2. The molecule has 0 aromatic rings. The molecule has 13 heavy (non-hydrogen) atoms. The van der Waals surface area contributed by atoms with Gasteiger partial charge in [0.05, 0.1) is 6.10 Å². The Morgan fingerprint density at radius 3 is 3.08 bits per heavy atom. The summed E-state index contributed by atoms with van der Waals surface area (Å²) in [7, 11) is 0. The van der Waals surface area contributed by atoms with E-state index in [2.05, 4.69) is 12.2 Å². The molecule has 0 radical (unpaired) electrons. The molecule has 3 heteroatoms. The summed E-state index contributed by atoms with van der Waals surface area (Å²) in [5, 5.41) is 2.90. The number of rotatable bonds is 5. The van der Waals surface area contributed by atoms with Crippen molar-refractivity contribution in [2.45, 2.75) is 45.1 Å². The van der Waals surface area contributed by atoms with E-state index in [1.165, 1.54) is 0 Å². The van der Waals surface area contributed by atoms with Gasteiger partial charge < -0.3 is 10.1 Å². The van der Waals surface area contributed by atoms with Gasteiger partial charge in [-0.25, -0.2) is 0 Å². The van der Waals surface area contributed by atoms with Crippen molar-refractivity contribution in [3.8, 4) is 0 Å². The minimum atomic E-state index is 0.164. The summed E-state index contributed by atoms with van der Waals surface area (Å²) in [4.78, 5) is 11.2. The second kappa shape index (κ2) is 5.97. The molecule has 1 heterocycles. The third kappa shape index (κ3) is 4.27. The Kier molecular flexibility index (Phi) is 4.83. The Morgan fingerprint density at radius 2 is 2.46 bits per heavy atom. The number of nitrogens with one attached hydrogen (secondary N) is 1. The molecule has 0 spiro atoms. The highest BCUT2D eigenvalue weighted by atomic mass is 16.5. The van der Waals surface area contributed by atoms with Gasteiger partial charge in [0.15, 0.2) is 0 Å². The molecule has 1 aliphatic heterocycles. The average molecular weight is 185 g/mol. The van der Waals surface area contributed by atoms with Crippen LogP contribution < -0.4 is 5.32 Å². The number of carbonyl (C=O) groups is 1. The van der Waals surface area contributed by atoms with E-state index in [4.69, 9.17) is 4.74 Å². The van der Waals surface area contributed by atoms with Gasteiger partial charge in [-0.05, 0) is 19.3 Å². The van der Waals surface area contributed by atoms with Gasteiger partial charge in [0, 0.05) is 19.6 Å². The van der Waals surface area contributed by atoms with Crippen molar-refractivity contribution >= 4 is 5.91 Å². The quantitative estimate of drug-likeness (QED) is 0.704. The molecule has 0 aromatic carbocycles. The summed E-state index contributed by atoms with van der Waals surface area (Å²) in [6.45, 7) is 3.64. The van der Waals surface area contributed by atoms with Crippen molar-refractivity contribution in [2.75, 3.05) is 13.2 Å². The van der Waals surface area contributed by atoms with Crippen molar-refractivity contribution < 1.29 is 9.53 Å². The van der Waals surface area contributed by atoms with Crippen molar-refractivity contribution in [1.29, 1.82) is 0 Å². The molecule has 1 aliphatic rings. The number of amides is 1. The normalized spacial score (nSPS) is 21.8. The summed E-state index contributed by atoms with van der Waals surface area (Å²) in [5.74, 6) is 0.164. The summed E-state index contributed by atoms with van der Waals surface area (Å²) >= 11 is 0. The van der Waals surface area contributed by atoms with Gasteiger partial charge in [0.2, 0.25) is 5.91 Å². The van der Waals surface area contributed by atoms with Gasteiger partial charge in [-0.15, -0.1) is 0 Å². The Balaban J connectivity index is 2.00. The van der Waals surface area contributed by atoms with E-state index < -0.39 is 0 Å². The lowest BCUT2D eigenvalue weighted by Crippen LogP contribution is -2.31. The lowest BCUT2D eigenvalue weighted by Gasteiger charge is -2.10. The van der Waals surface area contributed by atoms with Crippen LogP contribution in [-0.2, 0) is 9.53 Å². The first kappa shape index (κ1) is 10.5. The molecule has 1 rings (SSSR count). The molecule has 0 saturated carbocycles. The summed E-state index contributed by atoms with van der Waals surface area (Å²) in [6.07, 6.45) is 5.21. The number of ether oxygens (including phenoxy) is 1. The fraction of sp³-hybridized carbons (Fsp3) is 0.900. The molecule has 0 aromatic heterocycles. The second-order valence-corrected chi connectivity index (χ2v) is 3.54. The van der Waals surface area contributed by atoms with E-state index in [1.54, 1.807) is 0 Å². The molecular formula is C10H19NO2. The van der Waals surface area contributed by atoms with E-state index in [-0.39, 0.29) is 12.0 Å². The lowest BCUT2D eigenvalue weighted by molar-refractivity contribution is -0.121. The average Bonchev–Trinajstić information content (AvgIpc) is 2.64. The standard InChI is InChI=1S/C10H19NO2/c1-2-3-6-10(12)11-8-9-5-4-7-13-9/h9H,2-8H2,1H3,(H,11,12)/t9-/m1/s1. The highest BCUT2D eigenvalue weighted by Gasteiger charge is 2.15. The van der Waals surface area contributed by atoms with Gasteiger partial charge in [-0.3, -0.25) is 4.79 Å². The van der Waals surface area contributed by atoms with Crippen LogP contribution in [0.3, 0.4) is 0 Å². The van der Waals surface area contributed by atoms with Crippen molar-refractivity contribution in [3.63, 3.8) is 0 Å². The van der Waals surface area contributed by atoms with E-state index in [1.807, 2.05) is 0 Å². The van der Waals surface area contributed by atoms with Gasteiger partial charge in [0.1, 0.15) is 0 Å². The maximum absolute atomic E-state index is 11.2. The van der Waals surface area contributed by atoms with Crippen LogP contribution in [0.1, 0.15) is 39.0 Å². The van der Waals surface area contributed by atoms with Crippen LogP contribution in [0.25, 0.3) is 0 Å². The van der Waals surface area contributed by atoms with E-state index in [0.717, 1.165) is 32.3 Å². The van der Waals surface area contributed by atoms with Gasteiger partial charge in [-0.2, -0.15) is 0 Å². The number of unbranched alkanes of at least 4 members (excludes halogenated alkanes) is 1. The zero-order valence-electron chi connectivity index (χ0n) is 8.34. The smallest absolute Gasteiger partial charge is 0.220 e. The fourth-order valence-corrected chi connectivity index (χ4v) is 1.46. The van der Waals surface area contributed by atoms with E-state index in [9.17, 15) is 4.79 Å². The molecule has 3 nitrogen and oxygen atoms in total. The zero-order valence-corrected chi connectivity index (χ0v) is 8.34. The van der Waals surface area contributed by atoms with Gasteiger partial charge in [-0.1, -0.05) is 13.3 Å². The highest BCUT2D eigenvalue weighted by Crippen LogP contribution is 2.10. The predicted molar refractivity (Wildman–Crippen MR) is 51.5 cm³/mol. The molecule has 0 aliphatic carbocycles. The molecular weight excluding hydrogens is 166 g/mol. The monoisotopic (exact) mass is 185 g/mol. The molecule has 0 bridgehead atoms. The number of hydrogen-bond acceptors (Lipinski definition) is 2. The van der Waals surface area contributed by atoms with Crippen LogP contribution in [0.2, 0.25) is 0 Å². The van der Waals surface area contributed by atoms with Crippen molar-refractivity contribution in [2.24, 2.45) is 0 Å².